The van der Waals surface area contributed by atoms with Crippen molar-refractivity contribution in [2.75, 3.05) is 70.5 Å². The summed E-state index contributed by atoms with van der Waals surface area (Å²) in [4.78, 5) is 25.8. The Hall–Kier alpha value is -4.48. The zero-order chi connectivity index (χ0) is 28.6. The average molecular weight is 544 g/mol. The fraction of sp³-hybridized carbons (Fsp3) is 0.310. The number of hydrogen-bond acceptors (Lipinski definition) is 9. The molecule has 0 fully saturated rings. The third-order valence-electron chi connectivity index (χ3n) is 6.43. The maximum atomic E-state index is 12.7. The number of nitrogens with zero attached hydrogens (tertiary/aromatic N) is 6. The molecule has 2 aromatic heterocycles. The Balaban J connectivity index is 1.66. The number of anilines is 4. The van der Waals surface area contributed by atoms with Gasteiger partial charge in [-0.15, -0.1) is 0 Å². The molecule has 0 aliphatic rings. The van der Waals surface area contributed by atoms with Gasteiger partial charge < -0.3 is 30.5 Å². The quantitative estimate of drug-likeness (QED) is 0.231. The number of ether oxygens (including phenoxy) is 1. The van der Waals surface area contributed by atoms with Crippen molar-refractivity contribution in [3.8, 4) is 17.0 Å². The highest BCUT2D eigenvalue weighted by Crippen LogP contribution is 2.38. The van der Waals surface area contributed by atoms with Crippen molar-refractivity contribution >= 4 is 39.7 Å². The highest BCUT2D eigenvalue weighted by molar-refractivity contribution is 6.02. The molecule has 4 rings (SSSR count). The standard InChI is InChI=1S/C29H37N9O2/c1-30-11-7-8-29(39)35-23-15-24(27(40-6)17-26(23)37(4)13-12-36(2)3)34-28-16-22(31-19-32-28)20-9-10-25-21(14-20)18-33-38(25)5/h7-10,14-19,30H,11-13H2,1-6H3,(H,35,39)(H,31,32,34)/b8-7+. The van der Waals surface area contributed by atoms with Crippen molar-refractivity contribution in [1.29, 1.82) is 0 Å². The SMILES string of the molecule is CNC/C=C/C(=O)Nc1cc(Nc2cc(-c3ccc4c(cnn4C)c3)ncn2)c(OC)cc1N(C)CCN(C)C. The van der Waals surface area contributed by atoms with Crippen molar-refractivity contribution < 1.29 is 9.53 Å². The number of benzene rings is 2. The third-order valence-corrected chi connectivity index (χ3v) is 6.43. The fourth-order valence-corrected chi connectivity index (χ4v) is 4.22. The van der Waals surface area contributed by atoms with E-state index in [9.17, 15) is 4.79 Å². The predicted octanol–water partition coefficient (Wildman–Crippen LogP) is 3.49. The summed E-state index contributed by atoms with van der Waals surface area (Å²) in [5, 5.41) is 14.7. The molecular formula is C29H37N9O2. The minimum absolute atomic E-state index is 0.219. The van der Waals surface area contributed by atoms with Crippen LogP contribution in [-0.4, -0.2) is 85.5 Å². The molecule has 0 bridgehead atoms. The number of rotatable bonds is 12. The van der Waals surface area contributed by atoms with Gasteiger partial charge in [0.15, 0.2) is 0 Å². The summed E-state index contributed by atoms with van der Waals surface area (Å²) in [6.45, 7) is 2.21. The van der Waals surface area contributed by atoms with E-state index in [0.717, 1.165) is 40.9 Å². The molecule has 0 aliphatic heterocycles. The zero-order valence-electron chi connectivity index (χ0n) is 23.9. The van der Waals surface area contributed by atoms with Crippen LogP contribution in [0, 0.1) is 0 Å². The molecule has 0 aliphatic carbocycles. The van der Waals surface area contributed by atoms with Gasteiger partial charge in [-0.25, -0.2) is 9.97 Å². The molecule has 11 heteroatoms. The van der Waals surface area contributed by atoms with Crippen LogP contribution in [0.1, 0.15) is 0 Å². The van der Waals surface area contributed by atoms with Gasteiger partial charge in [0.25, 0.3) is 0 Å². The van der Waals surface area contributed by atoms with Gasteiger partial charge in [0.2, 0.25) is 5.91 Å². The van der Waals surface area contributed by atoms with Gasteiger partial charge in [-0.05, 0) is 39.3 Å². The number of amides is 1. The number of carbonyl (C=O) groups is 1. The first-order valence-corrected chi connectivity index (χ1v) is 13.0. The van der Waals surface area contributed by atoms with E-state index < -0.39 is 0 Å². The number of aryl methyl sites for hydroxylation is 1. The van der Waals surface area contributed by atoms with Crippen LogP contribution in [0.25, 0.3) is 22.2 Å². The molecule has 2 aromatic carbocycles. The Kier molecular flexibility index (Phi) is 9.31. The van der Waals surface area contributed by atoms with Crippen molar-refractivity contribution in [1.82, 2.24) is 30.0 Å². The first-order valence-electron chi connectivity index (χ1n) is 13.0. The lowest BCUT2D eigenvalue weighted by Gasteiger charge is -2.26. The fourth-order valence-electron chi connectivity index (χ4n) is 4.22. The molecule has 11 nitrogen and oxygen atoms in total. The molecule has 0 atom stereocenters. The van der Waals surface area contributed by atoms with E-state index in [-0.39, 0.29) is 5.91 Å². The van der Waals surface area contributed by atoms with E-state index in [1.165, 1.54) is 12.4 Å². The minimum atomic E-state index is -0.219. The Labute approximate surface area is 234 Å². The van der Waals surface area contributed by atoms with Gasteiger partial charge in [-0.3, -0.25) is 9.48 Å². The van der Waals surface area contributed by atoms with E-state index in [1.54, 1.807) is 13.2 Å². The molecule has 0 radical (unpaired) electrons. The summed E-state index contributed by atoms with van der Waals surface area (Å²) in [6, 6.07) is 11.8. The van der Waals surface area contributed by atoms with Gasteiger partial charge in [-0.2, -0.15) is 5.10 Å². The van der Waals surface area contributed by atoms with Crippen LogP contribution < -0.4 is 25.6 Å². The van der Waals surface area contributed by atoms with Crippen LogP contribution >= 0.6 is 0 Å². The second kappa shape index (κ2) is 13.0. The summed E-state index contributed by atoms with van der Waals surface area (Å²) in [7, 11) is 11.4. The van der Waals surface area contributed by atoms with E-state index in [2.05, 4.69) is 46.9 Å². The minimum Gasteiger partial charge on any atom is -0.494 e. The number of nitrogens with one attached hydrogen (secondary N) is 3. The Morgan fingerprint density at radius 3 is 2.65 bits per heavy atom. The molecule has 0 saturated heterocycles. The Morgan fingerprint density at radius 2 is 1.90 bits per heavy atom. The Bertz CT molecular complexity index is 1500. The van der Waals surface area contributed by atoms with Gasteiger partial charge in [0.1, 0.15) is 17.9 Å². The lowest BCUT2D eigenvalue weighted by molar-refractivity contribution is -0.111. The van der Waals surface area contributed by atoms with Crippen LogP contribution in [0.15, 0.2) is 61.1 Å². The van der Waals surface area contributed by atoms with Gasteiger partial charge >= 0.3 is 0 Å². The highest BCUT2D eigenvalue weighted by atomic mass is 16.5. The summed E-state index contributed by atoms with van der Waals surface area (Å²) in [5.74, 6) is 0.991. The molecule has 3 N–H and O–H groups in total. The lowest BCUT2D eigenvalue weighted by Crippen LogP contribution is -2.29. The average Bonchev–Trinajstić information content (AvgIpc) is 3.32. The highest BCUT2D eigenvalue weighted by Gasteiger charge is 2.17. The van der Waals surface area contributed by atoms with Crippen LogP contribution in [0.5, 0.6) is 5.75 Å². The predicted molar refractivity (Wildman–Crippen MR) is 162 cm³/mol. The molecule has 1 amide bonds. The maximum absolute atomic E-state index is 12.7. The van der Waals surface area contributed by atoms with Crippen LogP contribution in [0.3, 0.4) is 0 Å². The summed E-state index contributed by atoms with van der Waals surface area (Å²) in [5.41, 5.74) is 4.93. The van der Waals surface area contributed by atoms with E-state index in [1.807, 2.05) is 76.4 Å². The number of carbonyl (C=O) groups excluding carboxylic acids is 1. The lowest BCUT2D eigenvalue weighted by atomic mass is 10.1. The molecular weight excluding hydrogens is 506 g/mol. The molecule has 2 heterocycles. The van der Waals surface area contributed by atoms with Gasteiger partial charge in [-0.1, -0.05) is 12.1 Å². The molecule has 210 valence electrons. The summed E-state index contributed by atoms with van der Waals surface area (Å²) < 4.78 is 7.59. The second-order valence-electron chi connectivity index (χ2n) is 9.70. The van der Waals surface area contributed by atoms with Crippen molar-refractivity contribution in [3.05, 3.63) is 61.1 Å². The summed E-state index contributed by atoms with van der Waals surface area (Å²) in [6.07, 6.45) is 6.66. The number of likely N-dealkylation sites (N-methyl/N-ethyl adjacent to an activating group) is 3. The maximum Gasteiger partial charge on any atom is 0.248 e. The van der Waals surface area contributed by atoms with E-state index in [0.29, 0.717) is 29.5 Å². The van der Waals surface area contributed by atoms with E-state index in [4.69, 9.17) is 4.74 Å². The molecule has 0 unspecified atom stereocenters. The summed E-state index contributed by atoms with van der Waals surface area (Å²) >= 11 is 0. The monoisotopic (exact) mass is 543 g/mol. The largest absolute Gasteiger partial charge is 0.494 e. The number of hydrogen-bond donors (Lipinski definition) is 3. The third kappa shape index (κ3) is 6.93. The first kappa shape index (κ1) is 28.5. The topological polar surface area (TPSA) is 112 Å². The van der Waals surface area contributed by atoms with Crippen LogP contribution in [0.2, 0.25) is 0 Å². The van der Waals surface area contributed by atoms with Crippen LogP contribution in [-0.2, 0) is 11.8 Å². The van der Waals surface area contributed by atoms with Gasteiger partial charge in [0, 0.05) is 62.9 Å². The number of aromatic nitrogens is 4. The molecule has 4 aromatic rings. The second-order valence-corrected chi connectivity index (χ2v) is 9.70. The van der Waals surface area contributed by atoms with Crippen molar-refractivity contribution in [2.45, 2.75) is 0 Å². The molecule has 0 spiro atoms. The van der Waals surface area contributed by atoms with Crippen molar-refractivity contribution in [2.24, 2.45) is 7.05 Å². The normalized spacial score (nSPS) is 11.4. The van der Waals surface area contributed by atoms with E-state index >= 15 is 0 Å². The smallest absolute Gasteiger partial charge is 0.248 e. The van der Waals surface area contributed by atoms with Gasteiger partial charge in [0.05, 0.1) is 41.6 Å². The number of fused-ring (bicyclic) bond motifs is 1. The Morgan fingerprint density at radius 1 is 1.07 bits per heavy atom. The van der Waals surface area contributed by atoms with Crippen molar-refractivity contribution in [3.63, 3.8) is 0 Å². The first-order chi connectivity index (χ1) is 19.3. The molecule has 40 heavy (non-hydrogen) atoms. The van der Waals surface area contributed by atoms with Crippen LogP contribution in [0.4, 0.5) is 22.9 Å². The number of methoxy groups -OCH3 is 1. The molecule has 0 saturated carbocycles. The zero-order valence-corrected chi connectivity index (χ0v) is 23.9.